The number of nitrogens with two attached hydrogens (primary N) is 1. The molecule has 0 unspecified atom stereocenters. The Morgan fingerprint density at radius 1 is 1.09 bits per heavy atom. The number of pyridine rings is 1. The van der Waals surface area contributed by atoms with Crippen LogP contribution in [0.1, 0.15) is 51.8 Å². The summed E-state index contributed by atoms with van der Waals surface area (Å²) in [6, 6.07) is 5.38. The average Bonchev–Trinajstić information content (AvgIpc) is 3.03. The van der Waals surface area contributed by atoms with Crippen LogP contribution in [0.15, 0.2) is 29.1 Å². The molecule has 5 N–H and O–H groups in total. The molecule has 0 fully saturated rings. The van der Waals surface area contributed by atoms with Gasteiger partial charge in [-0.15, -0.1) is 0 Å². The molecule has 3 rings (SSSR count). The Labute approximate surface area is 194 Å². The number of nitrogen functional groups attached to an aromatic ring is 1. The predicted molar refractivity (Wildman–Crippen MR) is 122 cm³/mol. The number of anilines is 2. The molecule has 12 heteroatoms. The molecule has 0 bridgehead atoms. The van der Waals surface area contributed by atoms with E-state index in [1.807, 2.05) is 0 Å². The number of alkyl carbamates (subject to hydrolysis) is 1. The molecule has 2 aromatic rings. The van der Waals surface area contributed by atoms with Crippen molar-refractivity contribution in [3.05, 3.63) is 51.3 Å². The van der Waals surface area contributed by atoms with E-state index in [0.717, 1.165) is 10.6 Å². The molecule has 1 aromatic heterocycles. The molecule has 0 aliphatic carbocycles. The smallest absolute Gasteiger partial charge is 0.407 e. The van der Waals surface area contributed by atoms with Crippen molar-refractivity contribution < 1.29 is 28.7 Å². The number of carbonyl (C=O) groups is 4. The van der Waals surface area contributed by atoms with Crippen molar-refractivity contribution in [1.29, 1.82) is 0 Å². The van der Waals surface area contributed by atoms with Crippen LogP contribution in [-0.4, -0.2) is 54.2 Å². The highest BCUT2D eigenvalue weighted by Gasteiger charge is 2.32. The van der Waals surface area contributed by atoms with Crippen LogP contribution < -0.4 is 27.2 Å². The molecule has 0 atom stereocenters. The minimum absolute atomic E-state index is 0.121. The normalized spacial score (nSPS) is 12.6. The lowest BCUT2D eigenvalue weighted by atomic mass is 10.1. The quantitative estimate of drug-likeness (QED) is 0.273. The van der Waals surface area contributed by atoms with Crippen molar-refractivity contribution in [2.75, 3.05) is 31.2 Å². The van der Waals surface area contributed by atoms with E-state index in [4.69, 9.17) is 15.2 Å². The van der Waals surface area contributed by atoms with Gasteiger partial charge in [-0.05, 0) is 39.0 Å². The molecular weight excluding hydrogens is 446 g/mol. The van der Waals surface area contributed by atoms with Crippen LogP contribution in [0, 0.1) is 0 Å². The van der Waals surface area contributed by atoms with Crippen molar-refractivity contribution >= 4 is 35.4 Å². The number of rotatable bonds is 6. The molecule has 34 heavy (non-hydrogen) atoms. The van der Waals surface area contributed by atoms with E-state index in [0.29, 0.717) is 5.69 Å². The maximum absolute atomic E-state index is 12.9. The number of hydrogen-bond acceptors (Lipinski definition) is 9. The molecule has 0 saturated carbocycles. The molecule has 180 valence electrons. The zero-order valence-electron chi connectivity index (χ0n) is 19.1. The fraction of sp³-hybridized carbons (Fsp3) is 0.318. The zero-order chi connectivity index (χ0) is 25.2. The number of esters is 1. The Morgan fingerprint density at radius 3 is 2.44 bits per heavy atom. The van der Waals surface area contributed by atoms with Gasteiger partial charge in [0.1, 0.15) is 11.4 Å². The zero-order valence-corrected chi connectivity index (χ0v) is 19.1. The van der Waals surface area contributed by atoms with Gasteiger partial charge in [-0.3, -0.25) is 24.3 Å². The second-order valence-corrected chi connectivity index (χ2v) is 8.35. The predicted octanol–water partition coefficient (Wildman–Crippen LogP) is 1.03. The van der Waals surface area contributed by atoms with E-state index in [9.17, 15) is 24.0 Å². The maximum atomic E-state index is 12.9. The number of carbonyl (C=O) groups excluding carboxylic acids is 4. The van der Waals surface area contributed by atoms with Crippen molar-refractivity contribution in [2.24, 2.45) is 0 Å². The molecule has 12 nitrogen and oxygen atoms in total. The van der Waals surface area contributed by atoms with Gasteiger partial charge in [0, 0.05) is 19.2 Å². The summed E-state index contributed by atoms with van der Waals surface area (Å²) in [5.41, 5.74) is 5.20. The topological polar surface area (TPSA) is 171 Å². The van der Waals surface area contributed by atoms with Gasteiger partial charge in [-0.1, -0.05) is 0 Å². The number of nitrogens with zero attached hydrogens (tertiary/aromatic N) is 1. The average molecular weight is 471 g/mol. The van der Waals surface area contributed by atoms with E-state index in [1.165, 1.54) is 25.3 Å². The summed E-state index contributed by atoms with van der Waals surface area (Å²) in [6.45, 7) is 5.63. The number of methoxy groups -OCH3 is 1. The third-order valence-electron chi connectivity index (χ3n) is 4.72. The molecule has 0 saturated heterocycles. The fourth-order valence-electron chi connectivity index (χ4n) is 3.31. The minimum Gasteiger partial charge on any atom is -0.465 e. The van der Waals surface area contributed by atoms with E-state index in [2.05, 4.69) is 16.0 Å². The molecule has 1 aliphatic rings. The largest absolute Gasteiger partial charge is 0.465 e. The lowest BCUT2D eigenvalue weighted by Crippen LogP contribution is -2.35. The lowest BCUT2D eigenvalue weighted by molar-refractivity contribution is 0.0528. The van der Waals surface area contributed by atoms with E-state index >= 15 is 0 Å². The number of nitrogens with one attached hydrogen (secondary N) is 3. The van der Waals surface area contributed by atoms with Gasteiger partial charge < -0.3 is 25.8 Å². The fourth-order valence-corrected chi connectivity index (χ4v) is 3.31. The van der Waals surface area contributed by atoms with Crippen LogP contribution in [0.5, 0.6) is 0 Å². The molecule has 0 spiro atoms. The van der Waals surface area contributed by atoms with Gasteiger partial charge in [0.05, 0.1) is 35.2 Å². The summed E-state index contributed by atoms with van der Waals surface area (Å²) < 4.78 is 10.9. The monoisotopic (exact) mass is 471 g/mol. The molecular formula is C22H25N5O7. The Kier molecular flexibility index (Phi) is 6.61. The number of hydrogen-bond donors (Lipinski definition) is 4. The Bertz CT molecular complexity index is 1240. The number of fused-ring (bicyclic) bond motifs is 1. The maximum Gasteiger partial charge on any atom is 0.407 e. The summed E-state index contributed by atoms with van der Waals surface area (Å²) in [5, 5.41) is 7.74. The summed E-state index contributed by atoms with van der Waals surface area (Å²) in [6.07, 6.45) is -0.592. The number of benzene rings is 1. The number of aromatic nitrogens is 1. The third kappa shape index (κ3) is 5.00. The lowest BCUT2D eigenvalue weighted by Gasteiger charge is -2.20. The standard InChI is InChI=1S/C22H25N5O7/c1-22(2,3)34-21(32)25-8-7-24-13-6-5-11(20(31)33-4)9-14(13)27-15(28)10-12-16(17(27)23)19(30)26-18(12)29/h5-6,9-10,24H,7-8,23H2,1-4H3,(H,25,32)(H,26,29,30). The molecule has 1 aromatic carbocycles. The van der Waals surface area contributed by atoms with Crippen LogP contribution >= 0.6 is 0 Å². The van der Waals surface area contributed by atoms with Crippen molar-refractivity contribution in [2.45, 2.75) is 26.4 Å². The Morgan fingerprint density at radius 2 is 1.79 bits per heavy atom. The SMILES string of the molecule is COC(=O)c1ccc(NCCNC(=O)OC(C)(C)C)c(-n2c(N)c3c(cc2=O)C(=O)NC3=O)c1. The number of ether oxygens (including phenoxy) is 2. The molecule has 1 aliphatic heterocycles. The van der Waals surface area contributed by atoms with Crippen LogP contribution in [0.2, 0.25) is 0 Å². The van der Waals surface area contributed by atoms with E-state index in [1.54, 1.807) is 20.8 Å². The van der Waals surface area contributed by atoms with E-state index in [-0.39, 0.29) is 41.3 Å². The summed E-state index contributed by atoms with van der Waals surface area (Å²) in [7, 11) is 1.21. The number of amides is 3. The molecule has 2 heterocycles. The first-order valence-electron chi connectivity index (χ1n) is 10.3. The van der Waals surface area contributed by atoms with Crippen LogP contribution in [0.3, 0.4) is 0 Å². The van der Waals surface area contributed by atoms with Crippen molar-refractivity contribution in [3.63, 3.8) is 0 Å². The minimum atomic E-state index is -0.730. The van der Waals surface area contributed by atoms with Crippen LogP contribution in [-0.2, 0) is 9.47 Å². The summed E-state index contributed by atoms with van der Waals surface area (Å²) in [5.74, 6) is -2.36. The third-order valence-corrected chi connectivity index (χ3v) is 4.72. The molecule has 3 amide bonds. The van der Waals surface area contributed by atoms with Gasteiger partial charge in [0.2, 0.25) is 0 Å². The highest BCUT2D eigenvalue weighted by Crippen LogP contribution is 2.27. The Balaban J connectivity index is 1.96. The van der Waals surface area contributed by atoms with Crippen LogP contribution in [0.4, 0.5) is 16.3 Å². The van der Waals surface area contributed by atoms with Gasteiger partial charge in [0.15, 0.2) is 0 Å². The summed E-state index contributed by atoms with van der Waals surface area (Å²) in [4.78, 5) is 60.9. The highest BCUT2D eigenvalue weighted by molar-refractivity contribution is 6.23. The Hall–Kier alpha value is -4.35. The molecule has 0 radical (unpaired) electrons. The van der Waals surface area contributed by atoms with Gasteiger partial charge in [-0.25, -0.2) is 9.59 Å². The first-order valence-corrected chi connectivity index (χ1v) is 10.3. The first kappa shape index (κ1) is 24.3. The van der Waals surface area contributed by atoms with Crippen LogP contribution in [0.25, 0.3) is 5.69 Å². The summed E-state index contributed by atoms with van der Waals surface area (Å²) >= 11 is 0. The second kappa shape index (κ2) is 9.25. The van der Waals surface area contributed by atoms with Crippen molar-refractivity contribution in [1.82, 2.24) is 15.2 Å². The van der Waals surface area contributed by atoms with E-state index < -0.39 is 35.0 Å². The highest BCUT2D eigenvalue weighted by atomic mass is 16.6. The van der Waals surface area contributed by atoms with Gasteiger partial charge in [0.25, 0.3) is 17.4 Å². The number of imide groups is 1. The first-order chi connectivity index (χ1) is 15.9. The van der Waals surface area contributed by atoms with Gasteiger partial charge in [-0.2, -0.15) is 0 Å². The van der Waals surface area contributed by atoms with Crippen molar-refractivity contribution in [3.8, 4) is 5.69 Å². The second-order valence-electron chi connectivity index (χ2n) is 8.35. The van der Waals surface area contributed by atoms with Gasteiger partial charge >= 0.3 is 12.1 Å².